The first-order valence-corrected chi connectivity index (χ1v) is 11.4. The summed E-state index contributed by atoms with van der Waals surface area (Å²) in [7, 11) is 0. The Kier molecular flexibility index (Phi) is 5.72. The molecule has 0 aromatic heterocycles. The van der Waals surface area contributed by atoms with Crippen molar-refractivity contribution in [2.45, 2.75) is 27.7 Å². The van der Waals surface area contributed by atoms with Crippen LogP contribution in [0.25, 0.3) is 21.5 Å². The first kappa shape index (κ1) is 21.7. The summed E-state index contributed by atoms with van der Waals surface area (Å²) in [4.78, 5) is 9.87. The minimum atomic E-state index is 0.795. The first-order valence-electron chi connectivity index (χ1n) is 11.4. The molecule has 0 radical (unpaired) electrons. The summed E-state index contributed by atoms with van der Waals surface area (Å²) < 4.78 is 0. The van der Waals surface area contributed by atoms with E-state index in [4.69, 9.17) is 9.98 Å². The van der Waals surface area contributed by atoms with Gasteiger partial charge in [0.25, 0.3) is 0 Å². The maximum atomic E-state index is 4.95. The number of fused-ring (bicyclic) bond motifs is 4. The smallest absolute Gasteiger partial charge is 0.0873 e. The van der Waals surface area contributed by atoms with Crippen LogP contribution in [-0.4, -0.2) is 11.4 Å². The molecule has 4 aromatic carbocycles. The van der Waals surface area contributed by atoms with E-state index >= 15 is 0 Å². The van der Waals surface area contributed by atoms with Gasteiger partial charge in [-0.2, -0.15) is 5.70 Å². The molecule has 4 nitrogen and oxygen atoms in total. The van der Waals surface area contributed by atoms with E-state index in [-0.39, 0.29) is 0 Å². The lowest BCUT2D eigenvalue weighted by Gasteiger charge is -2.20. The third kappa shape index (κ3) is 4.62. The van der Waals surface area contributed by atoms with Gasteiger partial charge in [-0.15, -0.1) is 5.71 Å². The van der Waals surface area contributed by atoms with E-state index in [9.17, 15) is 0 Å². The summed E-state index contributed by atoms with van der Waals surface area (Å²) in [6.45, 7) is 8.05. The van der Waals surface area contributed by atoms with Crippen LogP contribution >= 0.6 is 0 Å². The number of nitrogens with one attached hydrogen (secondary N) is 2. The Morgan fingerprint density at radius 2 is 1.12 bits per heavy atom. The van der Waals surface area contributed by atoms with Crippen molar-refractivity contribution in [2.75, 3.05) is 10.6 Å². The third-order valence-electron chi connectivity index (χ3n) is 5.76. The number of nitrogens with zero attached hydrogens (tertiary/aromatic N) is 2. The van der Waals surface area contributed by atoms with Crippen molar-refractivity contribution in [3.05, 3.63) is 96.3 Å². The third-order valence-corrected chi connectivity index (χ3v) is 5.76. The molecule has 0 bridgehead atoms. The molecule has 0 atom stereocenters. The number of benzene rings is 4. The lowest BCUT2D eigenvalue weighted by atomic mass is 10.1. The largest absolute Gasteiger partial charge is 0.430 e. The van der Waals surface area contributed by atoms with Crippen molar-refractivity contribution in [3.63, 3.8) is 0 Å². The number of hydrogen-bond acceptors (Lipinski definition) is 4. The highest BCUT2D eigenvalue weighted by Crippen LogP contribution is 2.34. The number of allylic oxidation sites excluding steroid dienone is 4. The zero-order valence-corrected chi connectivity index (χ0v) is 19.9. The minimum absolute atomic E-state index is 0.795. The van der Waals surface area contributed by atoms with Crippen LogP contribution in [0.1, 0.15) is 27.7 Å². The summed E-state index contributed by atoms with van der Waals surface area (Å²) in [5.74, 6) is 0. The van der Waals surface area contributed by atoms with Crippen molar-refractivity contribution < 1.29 is 0 Å². The Balaban J connectivity index is 1.68. The van der Waals surface area contributed by atoms with Crippen molar-refractivity contribution in [1.82, 2.24) is 0 Å². The maximum Gasteiger partial charge on any atom is 0.0873 e. The van der Waals surface area contributed by atoms with Crippen LogP contribution in [-0.2, 0) is 0 Å². The topological polar surface area (TPSA) is 48.8 Å². The number of anilines is 2. The molecule has 1 aliphatic heterocycles. The zero-order chi connectivity index (χ0) is 23.7. The van der Waals surface area contributed by atoms with Gasteiger partial charge in [-0.3, -0.25) is 9.98 Å². The second kappa shape index (κ2) is 8.99. The Morgan fingerprint density at radius 3 is 1.71 bits per heavy atom. The second-order valence-electron chi connectivity index (χ2n) is 8.71. The molecular formula is C30H27N4-. The highest BCUT2D eigenvalue weighted by molar-refractivity contribution is 6.01. The predicted molar refractivity (Wildman–Crippen MR) is 147 cm³/mol. The average molecular weight is 444 g/mol. The van der Waals surface area contributed by atoms with Crippen LogP contribution < -0.4 is 10.6 Å². The van der Waals surface area contributed by atoms with Gasteiger partial charge < -0.3 is 16.7 Å². The first-order chi connectivity index (χ1) is 16.4. The van der Waals surface area contributed by atoms with Crippen LogP contribution in [0.5, 0.6) is 0 Å². The molecule has 34 heavy (non-hydrogen) atoms. The minimum Gasteiger partial charge on any atom is -0.430 e. The summed E-state index contributed by atoms with van der Waals surface area (Å²) in [6.07, 6.45) is 5.46. The van der Waals surface area contributed by atoms with E-state index < -0.39 is 0 Å². The molecule has 1 heterocycles. The lowest BCUT2D eigenvalue weighted by Crippen LogP contribution is -2.02. The molecule has 2 N–H and O–H groups in total. The van der Waals surface area contributed by atoms with Gasteiger partial charge in [0.1, 0.15) is 0 Å². The number of rotatable bonds is 0. The molecule has 0 aliphatic carbocycles. The SMILES string of the molecule is CC1=[C-]C(C)=Nc2cc3ccccc3cc2N/C(C)=C\C(C)=Nc2cc3ccccc3cc2N1. The van der Waals surface area contributed by atoms with E-state index in [2.05, 4.69) is 96.4 Å². The molecule has 5 rings (SSSR count). The van der Waals surface area contributed by atoms with Crippen molar-refractivity contribution in [2.24, 2.45) is 9.98 Å². The average Bonchev–Trinajstić information content (AvgIpc) is 2.79. The fourth-order valence-corrected chi connectivity index (χ4v) is 4.34. The Labute approximate surface area is 200 Å². The molecule has 0 saturated carbocycles. The predicted octanol–water partition coefficient (Wildman–Crippen LogP) is 8.33. The summed E-state index contributed by atoms with van der Waals surface area (Å²) in [5, 5.41) is 11.7. The highest BCUT2D eigenvalue weighted by Gasteiger charge is 2.07. The molecule has 4 aromatic rings. The summed E-state index contributed by atoms with van der Waals surface area (Å²) in [5.41, 5.74) is 7.24. The van der Waals surface area contributed by atoms with Gasteiger partial charge in [-0.1, -0.05) is 62.4 Å². The fourth-order valence-electron chi connectivity index (χ4n) is 4.34. The maximum absolute atomic E-state index is 4.95. The molecular weight excluding hydrogens is 416 g/mol. The van der Waals surface area contributed by atoms with Crippen molar-refractivity contribution >= 4 is 55.7 Å². The number of aliphatic imine (C=N–C) groups is 2. The van der Waals surface area contributed by atoms with E-state index in [1.54, 1.807) is 0 Å². The van der Waals surface area contributed by atoms with E-state index in [1.165, 1.54) is 5.39 Å². The zero-order valence-electron chi connectivity index (χ0n) is 19.9. The van der Waals surface area contributed by atoms with Gasteiger partial charge in [0.2, 0.25) is 0 Å². The highest BCUT2D eigenvalue weighted by atomic mass is 14.9. The number of hydrogen-bond donors (Lipinski definition) is 2. The van der Waals surface area contributed by atoms with Crippen LogP contribution in [0.4, 0.5) is 22.7 Å². The van der Waals surface area contributed by atoms with Crippen molar-refractivity contribution in [3.8, 4) is 0 Å². The molecule has 0 amide bonds. The van der Waals surface area contributed by atoms with Crippen LogP contribution in [0, 0.1) is 6.08 Å². The van der Waals surface area contributed by atoms with Crippen LogP contribution in [0.3, 0.4) is 0 Å². The molecule has 4 heteroatoms. The molecule has 1 aliphatic rings. The quantitative estimate of drug-likeness (QED) is 0.268. The van der Waals surface area contributed by atoms with E-state index in [0.29, 0.717) is 0 Å². The Hall–Kier alpha value is -4.18. The Bertz CT molecular complexity index is 1420. The van der Waals surface area contributed by atoms with Crippen LogP contribution in [0.15, 0.2) is 100 Å². The van der Waals surface area contributed by atoms with Gasteiger partial charge in [-0.05, 0) is 65.7 Å². The summed E-state index contributed by atoms with van der Waals surface area (Å²) in [6, 6.07) is 25.2. The van der Waals surface area contributed by atoms with Gasteiger partial charge in [0.15, 0.2) is 0 Å². The van der Waals surface area contributed by atoms with Crippen LogP contribution in [0.2, 0.25) is 0 Å². The Morgan fingerprint density at radius 1 is 0.618 bits per heavy atom. The normalized spacial score (nSPS) is 16.0. The fraction of sp³-hybridized carbons (Fsp3) is 0.133. The van der Waals surface area contributed by atoms with Gasteiger partial charge >= 0.3 is 0 Å². The molecule has 0 unspecified atom stereocenters. The summed E-state index contributed by atoms with van der Waals surface area (Å²) >= 11 is 0. The van der Waals surface area contributed by atoms with E-state index in [0.717, 1.165) is 61.7 Å². The molecule has 0 spiro atoms. The van der Waals surface area contributed by atoms with Gasteiger partial charge in [0.05, 0.1) is 22.7 Å². The second-order valence-corrected chi connectivity index (χ2v) is 8.71. The molecule has 0 saturated heterocycles. The van der Waals surface area contributed by atoms with E-state index in [1.807, 2.05) is 26.8 Å². The monoisotopic (exact) mass is 443 g/mol. The molecule has 0 fully saturated rings. The van der Waals surface area contributed by atoms with Gasteiger partial charge in [0, 0.05) is 11.4 Å². The lowest BCUT2D eigenvalue weighted by molar-refractivity contribution is 1.33. The van der Waals surface area contributed by atoms with Gasteiger partial charge in [-0.25, -0.2) is 0 Å². The standard InChI is InChI=1S/C30H27N4/c1-19-13-20(2)32-29-17-25-11-7-8-12-26(25)18-30(29)34-22(4)14-21(3)33-28-16-24-10-6-5-9-23(24)15-27(28)31-19/h5-13,15-18,31,34H,1-4H3/q-1/b19-13-,32-20?,33-21?. The molecule has 168 valence electrons. The van der Waals surface area contributed by atoms with Crippen molar-refractivity contribution in [1.29, 1.82) is 0 Å².